The highest BCUT2D eigenvalue weighted by molar-refractivity contribution is 6.31. The zero-order chi connectivity index (χ0) is 16.4. The zero-order valence-corrected chi connectivity index (χ0v) is 13.9. The maximum atomic E-state index is 13.9. The minimum atomic E-state index is -0.443. The summed E-state index contributed by atoms with van der Waals surface area (Å²) in [5, 5.41) is 0.286. The van der Waals surface area contributed by atoms with Crippen LogP contribution in [-0.4, -0.2) is 49.3 Å². The molecule has 0 saturated carbocycles. The molecule has 1 aromatic rings. The molecule has 1 amide bonds. The molecule has 2 aliphatic heterocycles. The normalized spacial score (nSPS) is 27.6. The summed E-state index contributed by atoms with van der Waals surface area (Å²) in [5.41, 5.74) is -0.00760. The SMILES string of the molecule is CO[C@H]1CN(C(=O)Cc2c(F)cccc2Cl)CC[C@@]12CCCO2. The van der Waals surface area contributed by atoms with Crippen LogP contribution < -0.4 is 0 Å². The van der Waals surface area contributed by atoms with Crippen LogP contribution in [0.3, 0.4) is 0 Å². The molecule has 0 aliphatic carbocycles. The predicted molar refractivity (Wildman–Crippen MR) is 85.0 cm³/mol. The highest BCUT2D eigenvalue weighted by atomic mass is 35.5. The van der Waals surface area contributed by atoms with Gasteiger partial charge in [-0.05, 0) is 31.4 Å². The molecule has 0 radical (unpaired) electrons. The molecule has 3 rings (SSSR count). The van der Waals surface area contributed by atoms with Crippen LogP contribution >= 0.6 is 11.6 Å². The van der Waals surface area contributed by atoms with E-state index in [9.17, 15) is 9.18 Å². The van der Waals surface area contributed by atoms with Crippen LogP contribution in [0.15, 0.2) is 18.2 Å². The van der Waals surface area contributed by atoms with Crippen LogP contribution in [0.4, 0.5) is 4.39 Å². The quantitative estimate of drug-likeness (QED) is 0.848. The maximum Gasteiger partial charge on any atom is 0.227 e. The average Bonchev–Trinajstić information content (AvgIpc) is 3.00. The van der Waals surface area contributed by atoms with Crippen LogP contribution in [0.2, 0.25) is 5.02 Å². The summed E-state index contributed by atoms with van der Waals surface area (Å²) in [6.45, 7) is 1.82. The van der Waals surface area contributed by atoms with Gasteiger partial charge in [0.1, 0.15) is 11.9 Å². The standard InChI is InChI=1S/C17H21ClFNO3/c1-22-15-11-20(8-7-17(15)6-3-9-23-17)16(21)10-12-13(18)4-2-5-14(12)19/h2,4-5,15H,3,6-11H2,1H3/t15-,17-/m0/s1. The van der Waals surface area contributed by atoms with Gasteiger partial charge < -0.3 is 14.4 Å². The summed E-state index contributed by atoms with van der Waals surface area (Å²) < 4.78 is 25.4. The van der Waals surface area contributed by atoms with Crippen molar-refractivity contribution in [3.8, 4) is 0 Å². The lowest BCUT2D eigenvalue weighted by molar-refractivity contribution is -0.158. The Morgan fingerprint density at radius 2 is 2.35 bits per heavy atom. The number of carbonyl (C=O) groups excluding carboxylic acids is 1. The molecule has 126 valence electrons. The monoisotopic (exact) mass is 341 g/mol. The van der Waals surface area contributed by atoms with Crippen molar-refractivity contribution in [2.45, 2.75) is 37.4 Å². The van der Waals surface area contributed by atoms with Crippen LogP contribution in [0.1, 0.15) is 24.8 Å². The van der Waals surface area contributed by atoms with Crippen molar-refractivity contribution in [1.29, 1.82) is 0 Å². The third kappa shape index (κ3) is 3.23. The van der Waals surface area contributed by atoms with E-state index >= 15 is 0 Å². The second-order valence-electron chi connectivity index (χ2n) is 6.21. The first-order chi connectivity index (χ1) is 11.1. The topological polar surface area (TPSA) is 38.8 Å². The number of ether oxygens (including phenoxy) is 2. The summed E-state index contributed by atoms with van der Waals surface area (Å²) in [5.74, 6) is -0.575. The Kier molecular flexibility index (Phi) is 4.90. The van der Waals surface area contributed by atoms with Crippen molar-refractivity contribution in [2.24, 2.45) is 0 Å². The van der Waals surface area contributed by atoms with Crippen LogP contribution in [0.5, 0.6) is 0 Å². The number of nitrogens with zero attached hydrogens (tertiary/aromatic N) is 1. The van der Waals surface area contributed by atoms with Gasteiger partial charge in [-0.2, -0.15) is 0 Å². The number of piperidine rings is 1. The summed E-state index contributed by atoms with van der Waals surface area (Å²) in [4.78, 5) is 14.3. The Hall–Kier alpha value is -1.17. The van der Waals surface area contributed by atoms with Crippen molar-refractivity contribution in [3.05, 3.63) is 34.6 Å². The first-order valence-corrected chi connectivity index (χ1v) is 8.31. The first-order valence-electron chi connectivity index (χ1n) is 7.93. The maximum absolute atomic E-state index is 13.9. The number of hydrogen-bond acceptors (Lipinski definition) is 3. The molecular weight excluding hydrogens is 321 g/mol. The lowest BCUT2D eigenvalue weighted by atomic mass is 9.85. The minimum absolute atomic E-state index is 0.0319. The fraction of sp³-hybridized carbons (Fsp3) is 0.588. The van der Waals surface area contributed by atoms with E-state index in [4.69, 9.17) is 21.1 Å². The number of likely N-dealkylation sites (tertiary alicyclic amines) is 1. The molecule has 1 aromatic carbocycles. The van der Waals surface area contributed by atoms with E-state index in [0.29, 0.717) is 13.1 Å². The second kappa shape index (κ2) is 6.75. The molecule has 2 aliphatic rings. The van der Waals surface area contributed by atoms with Gasteiger partial charge in [0.25, 0.3) is 0 Å². The molecule has 0 aromatic heterocycles. The number of amides is 1. The van der Waals surface area contributed by atoms with E-state index in [1.54, 1.807) is 18.1 Å². The van der Waals surface area contributed by atoms with E-state index in [0.717, 1.165) is 25.9 Å². The van der Waals surface area contributed by atoms with E-state index in [2.05, 4.69) is 0 Å². The van der Waals surface area contributed by atoms with Gasteiger partial charge in [0.15, 0.2) is 0 Å². The summed E-state index contributed by atoms with van der Waals surface area (Å²) in [7, 11) is 1.65. The Labute approximate surface area is 140 Å². The molecular formula is C17H21ClFNO3. The first kappa shape index (κ1) is 16.7. The lowest BCUT2D eigenvalue weighted by Crippen LogP contribution is -2.57. The fourth-order valence-corrected chi connectivity index (χ4v) is 3.82. The van der Waals surface area contributed by atoms with Gasteiger partial charge in [-0.15, -0.1) is 0 Å². The number of methoxy groups -OCH3 is 1. The van der Waals surface area contributed by atoms with Gasteiger partial charge in [0, 0.05) is 37.4 Å². The number of carbonyl (C=O) groups is 1. The summed E-state index contributed by atoms with van der Waals surface area (Å²) >= 11 is 6.01. The number of hydrogen-bond donors (Lipinski definition) is 0. The number of benzene rings is 1. The molecule has 6 heteroatoms. The van der Waals surface area contributed by atoms with Crippen LogP contribution in [0.25, 0.3) is 0 Å². The Balaban J connectivity index is 1.69. The van der Waals surface area contributed by atoms with E-state index in [1.807, 2.05) is 0 Å². The molecule has 0 N–H and O–H groups in total. The predicted octanol–water partition coefficient (Wildman–Crippen LogP) is 2.82. The zero-order valence-electron chi connectivity index (χ0n) is 13.2. The second-order valence-corrected chi connectivity index (χ2v) is 6.62. The molecule has 0 unspecified atom stereocenters. The Bertz CT molecular complexity index is 569. The third-order valence-electron chi connectivity index (χ3n) is 4.94. The van der Waals surface area contributed by atoms with Crippen molar-refractivity contribution < 1.29 is 18.7 Å². The molecule has 4 nitrogen and oxygen atoms in total. The molecule has 1 spiro atoms. The molecule has 2 atom stereocenters. The third-order valence-corrected chi connectivity index (χ3v) is 5.29. The van der Waals surface area contributed by atoms with Gasteiger partial charge in [-0.1, -0.05) is 17.7 Å². The molecule has 2 saturated heterocycles. The van der Waals surface area contributed by atoms with Crippen molar-refractivity contribution in [3.63, 3.8) is 0 Å². The fourth-order valence-electron chi connectivity index (χ4n) is 3.59. The Morgan fingerprint density at radius 3 is 3.00 bits per heavy atom. The molecule has 2 heterocycles. The van der Waals surface area contributed by atoms with Crippen LogP contribution in [0, 0.1) is 5.82 Å². The van der Waals surface area contributed by atoms with Crippen molar-refractivity contribution in [2.75, 3.05) is 26.8 Å². The van der Waals surface area contributed by atoms with Gasteiger partial charge in [0.2, 0.25) is 5.91 Å². The minimum Gasteiger partial charge on any atom is -0.377 e. The van der Waals surface area contributed by atoms with E-state index in [-0.39, 0.29) is 34.6 Å². The largest absolute Gasteiger partial charge is 0.377 e. The van der Waals surface area contributed by atoms with E-state index in [1.165, 1.54) is 12.1 Å². The van der Waals surface area contributed by atoms with Gasteiger partial charge in [-0.25, -0.2) is 4.39 Å². The lowest BCUT2D eigenvalue weighted by Gasteiger charge is -2.44. The smallest absolute Gasteiger partial charge is 0.227 e. The highest BCUT2D eigenvalue weighted by Gasteiger charge is 2.47. The number of halogens is 2. The Morgan fingerprint density at radius 1 is 1.52 bits per heavy atom. The molecule has 23 heavy (non-hydrogen) atoms. The van der Waals surface area contributed by atoms with Crippen molar-refractivity contribution >= 4 is 17.5 Å². The average molecular weight is 342 g/mol. The van der Waals surface area contributed by atoms with Gasteiger partial charge in [0.05, 0.1) is 12.0 Å². The van der Waals surface area contributed by atoms with Crippen molar-refractivity contribution in [1.82, 2.24) is 4.90 Å². The van der Waals surface area contributed by atoms with Gasteiger partial charge >= 0.3 is 0 Å². The van der Waals surface area contributed by atoms with E-state index < -0.39 is 5.82 Å². The number of rotatable bonds is 3. The van der Waals surface area contributed by atoms with Crippen LogP contribution in [-0.2, 0) is 20.7 Å². The van der Waals surface area contributed by atoms with Gasteiger partial charge in [-0.3, -0.25) is 4.79 Å². The summed E-state index contributed by atoms with van der Waals surface area (Å²) in [6.07, 6.45) is 2.57. The molecule has 0 bridgehead atoms. The highest BCUT2D eigenvalue weighted by Crippen LogP contribution is 2.37. The summed E-state index contributed by atoms with van der Waals surface area (Å²) in [6, 6.07) is 4.46. The molecule has 2 fully saturated rings.